The largest absolute Gasteiger partial charge is 0.491 e. The number of rotatable bonds is 4. The van der Waals surface area contributed by atoms with Gasteiger partial charge in [0.15, 0.2) is 0 Å². The topological polar surface area (TPSA) is 76.1 Å². The number of aromatic amines is 1. The molecule has 0 unspecified atom stereocenters. The van der Waals surface area contributed by atoms with E-state index in [0.717, 1.165) is 37.0 Å². The minimum Gasteiger partial charge on any atom is -0.491 e. The summed E-state index contributed by atoms with van der Waals surface area (Å²) in [6.45, 7) is 3.98. The second kappa shape index (κ2) is 8.07. The van der Waals surface area contributed by atoms with Gasteiger partial charge in [-0.15, -0.1) is 11.8 Å². The maximum absolute atomic E-state index is 12.9. The van der Waals surface area contributed by atoms with E-state index in [9.17, 15) is 9.59 Å². The number of carbonyl (C=O) groups is 1. The predicted octanol–water partition coefficient (Wildman–Crippen LogP) is 4.24. The fourth-order valence-corrected chi connectivity index (χ4v) is 5.24. The number of H-pyrrole nitrogens is 1. The molecule has 1 aromatic carbocycles. The van der Waals surface area contributed by atoms with Gasteiger partial charge in [-0.25, -0.2) is 0 Å². The number of aromatic nitrogens is 2. The van der Waals surface area contributed by atoms with E-state index in [0.29, 0.717) is 17.1 Å². The van der Waals surface area contributed by atoms with E-state index < -0.39 is 0 Å². The molecule has 6 nitrogen and oxygen atoms in total. The highest BCUT2D eigenvalue weighted by Crippen LogP contribution is 2.42. The third-order valence-electron chi connectivity index (χ3n) is 5.36. The Morgan fingerprint density at radius 2 is 1.82 bits per heavy atom. The second-order valence-electron chi connectivity index (χ2n) is 7.84. The van der Waals surface area contributed by atoms with Gasteiger partial charge in [-0.2, -0.15) is 0 Å². The number of benzene rings is 1. The van der Waals surface area contributed by atoms with Crippen LogP contribution in [0.25, 0.3) is 0 Å². The van der Waals surface area contributed by atoms with E-state index in [1.165, 1.54) is 18.2 Å². The highest BCUT2D eigenvalue weighted by Gasteiger charge is 2.32. The van der Waals surface area contributed by atoms with E-state index in [1.807, 2.05) is 42.8 Å². The molecule has 1 aromatic heterocycles. The second-order valence-corrected chi connectivity index (χ2v) is 8.93. The average Bonchev–Trinajstić information content (AvgIpc) is 2.89. The van der Waals surface area contributed by atoms with Crippen molar-refractivity contribution in [2.45, 2.75) is 63.3 Å². The van der Waals surface area contributed by atoms with Crippen LogP contribution in [0.3, 0.4) is 0 Å². The van der Waals surface area contributed by atoms with Crippen LogP contribution in [0.4, 0.5) is 5.82 Å². The molecular weight excluding hydrogens is 374 g/mol. The molecule has 1 aliphatic carbocycles. The zero-order valence-corrected chi connectivity index (χ0v) is 17.2. The molecule has 28 heavy (non-hydrogen) atoms. The minimum absolute atomic E-state index is 0.0583. The summed E-state index contributed by atoms with van der Waals surface area (Å²) in [6.07, 6.45) is 5.73. The highest BCUT2D eigenvalue weighted by atomic mass is 32.2. The van der Waals surface area contributed by atoms with Gasteiger partial charge in [0.25, 0.3) is 5.56 Å². The zero-order valence-electron chi connectivity index (χ0n) is 16.4. The number of hydrogen-bond acceptors (Lipinski definition) is 4. The summed E-state index contributed by atoms with van der Waals surface area (Å²) in [5.74, 6) is 1.73. The molecule has 2 aliphatic rings. The van der Waals surface area contributed by atoms with Crippen LogP contribution in [0.15, 0.2) is 29.1 Å². The van der Waals surface area contributed by atoms with Gasteiger partial charge in [0, 0.05) is 0 Å². The fourth-order valence-electron chi connectivity index (χ4n) is 4.11. The van der Waals surface area contributed by atoms with E-state index in [1.54, 1.807) is 0 Å². The van der Waals surface area contributed by atoms with Gasteiger partial charge in [0.05, 0.1) is 28.7 Å². The first-order valence-electron chi connectivity index (χ1n) is 10.1. The number of hydrogen-bond donors (Lipinski definition) is 2. The lowest BCUT2D eigenvalue weighted by atomic mass is 9.95. The minimum atomic E-state index is -0.185. The third-order valence-corrected chi connectivity index (χ3v) is 6.63. The lowest BCUT2D eigenvalue weighted by Gasteiger charge is -2.24. The van der Waals surface area contributed by atoms with Crippen LogP contribution in [-0.4, -0.2) is 27.5 Å². The van der Waals surface area contributed by atoms with Crippen LogP contribution < -0.4 is 15.6 Å². The number of ether oxygens (including phenoxy) is 1. The Hall–Kier alpha value is -2.15. The van der Waals surface area contributed by atoms with Gasteiger partial charge in [0.2, 0.25) is 5.91 Å². The standard InChI is InChI=1S/C21H27N3O3S/c1-13(2)27-16-10-8-14(9-11-16)19-18-20(22-17(25)12-28-19)24(23-21(18)26)15-6-4-3-5-7-15/h8-11,13,15,19H,3-7,12H2,1-2H3,(H,22,25)(H,23,26)/t19-/m1/s1. The van der Waals surface area contributed by atoms with Crippen molar-refractivity contribution in [1.82, 2.24) is 9.78 Å². The van der Waals surface area contributed by atoms with Crippen LogP contribution in [-0.2, 0) is 4.79 Å². The molecule has 150 valence electrons. The Morgan fingerprint density at radius 1 is 1.11 bits per heavy atom. The first-order chi connectivity index (χ1) is 13.5. The Labute approximate surface area is 169 Å². The van der Waals surface area contributed by atoms with Gasteiger partial charge in [0.1, 0.15) is 11.6 Å². The van der Waals surface area contributed by atoms with Crippen LogP contribution in [0, 0.1) is 0 Å². The van der Waals surface area contributed by atoms with Crippen molar-refractivity contribution in [3.8, 4) is 5.75 Å². The maximum atomic E-state index is 12.9. The number of fused-ring (bicyclic) bond motifs is 1. The Bertz CT molecular complexity index is 895. The Morgan fingerprint density at radius 3 is 2.50 bits per heavy atom. The molecule has 2 aromatic rings. The smallest absolute Gasteiger partial charge is 0.270 e. The quantitative estimate of drug-likeness (QED) is 0.803. The van der Waals surface area contributed by atoms with Crippen LogP contribution >= 0.6 is 11.8 Å². The van der Waals surface area contributed by atoms with E-state index in [-0.39, 0.29) is 28.9 Å². The molecule has 1 amide bonds. The number of nitrogens with zero attached hydrogens (tertiary/aromatic N) is 1. The van der Waals surface area contributed by atoms with Gasteiger partial charge in [-0.05, 0) is 44.4 Å². The summed E-state index contributed by atoms with van der Waals surface area (Å²) in [7, 11) is 0. The molecule has 0 spiro atoms. The number of anilines is 1. The summed E-state index contributed by atoms with van der Waals surface area (Å²) in [4.78, 5) is 25.3. The first kappa shape index (κ1) is 19.2. The van der Waals surface area contributed by atoms with Gasteiger partial charge in [-0.1, -0.05) is 31.4 Å². The average molecular weight is 402 g/mol. The normalized spacial score (nSPS) is 20.5. The fraction of sp³-hybridized carbons (Fsp3) is 0.524. The van der Waals surface area contributed by atoms with Crippen molar-refractivity contribution in [2.24, 2.45) is 0 Å². The molecule has 0 saturated heterocycles. The molecule has 0 radical (unpaired) electrons. The molecule has 1 atom stereocenters. The van der Waals surface area contributed by atoms with Crippen molar-refractivity contribution in [1.29, 1.82) is 0 Å². The van der Waals surface area contributed by atoms with Crippen molar-refractivity contribution < 1.29 is 9.53 Å². The van der Waals surface area contributed by atoms with E-state index >= 15 is 0 Å². The third kappa shape index (κ3) is 3.85. The molecule has 4 rings (SSSR count). The van der Waals surface area contributed by atoms with Crippen LogP contribution in [0.5, 0.6) is 5.75 Å². The molecule has 2 heterocycles. The Balaban J connectivity index is 1.72. The Kier molecular flexibility index (Phi) is 5.53. The maximum Gasteiger partial charge on any atom is 0.270 e. The van der Waals surface area contributed by atoms with Crippen LogP contribution in [0.1, 0.15) is 68.4 Å². The number of nitrogens with one attached hydrogen (secondary N) is 2. The summed E-state index contributed by atoms with van der Waals surface area (Å²) in [5, 5.41) is 5.83. The molecule has 1 saturated carbocycles. The SMILES string of the molecule is CC(C)Oc1ccc([C@H]2SCC(=O)Nc3c2c(=O)[nH]n3C2CCCCC2)cc1. The summed E-state index contributed by atoms with van der Waals surface area (Å²) in [6, 6.07) is 8.10. The summed E-state index contributed by atoms with van der Waals surface area (Å²) >= 11 is 1.50. The lowest BCUT2D eigenvalue weighted by molar-refractivity contribution is -0.113. The highest BCUT2D eigenvalue weighted by molar-refractivity contribution is 8.00. The van der Waals surface area contributed by atoms with Crippen molar-refractivity contribution in [3.05, 3.63) is 45.7 Å². The lowest BCUT2D eigenvalue weighted by Crippen LogP contribution is -2.21. The number of carbonyl (C=O) groups excluding carboxylic acids is 1. The van der Waals surface area contributed by atoms with Gasteiger partial charge in [-0.3, -0.25) is 19.4 Å². The van der Waals surface area contributed by atoms with Crippen molar-refractivity contribution >= 4 is 23.5 Å². The summed E-state index contributed by atoms with van der Waals surface area (Å²) in [5.41, 5.74) is 1.55. The number of thioether (sulfide) groups is 1. The van der Waals surface area contributed by atoms with Crippen LogP contribution in [0.2, 0.25) is 0 Å². The molecule has 2 N–H and O–H groups in total. The predicted molar refractivity (Wildman–Crippen MR) is 112 cm³/mol. The first-order valence-corrected chi connectivity index (χ1v) is 11.1. The van der Waals surface area contributed by atoms with E-state index in [4.69, 9.17) is 4.74 Å². The van der Waals surface area contributed by atoms with Gasteiger partial charge >= 0.3 is 0 Å². The molecule has 1 fully saturated rings. The molecular formula is C21H27N3O3S. The van der Waals surface area contributed by atoms with E-state index in [2.05, 4.69) is 10.4 Å². The van der Waals surface area contributed by atoms with Crippen molar-refractivity contribution in [2.75, 3.05) is 11.1 Å². The monoisotopic (exact) mass is 401 g/mol. The molecule has 0 bridgehead atoms. The van der Waals surface area contributed by atoms with Gasteiger partial charge < -0.3 is 10.1 Å². The summed E-state index contributed by atoms with van der Waals surface area (Å²) < 4.78 is 7.65. The number of amides is 1. The van der Waals surface area contributed by atoms with Crippen molar-refractivity contribution in [3.63, 3.8) is 0 Å². The zero-order chi connectivity index (χ0) is 19.7. The molecule has 1 aliphatic heterocycles. The molecule has 7 heteroatoms.